The molecule has 2 aliphatic rings. The average Bonchev–Trinajstić information content (AvgIpc) is 3.21. The second kappa shape index (κ2) is 14.8. The number of ether oxygens (including phenoxy) is 2. The lowest BCUT2D eigenvalue weighted by atomic mass is 9.88. The highest BCUT2D eigenvalue weighted by Crippen LogP contribution is 2.31. The molecule has 0 amide bonds. The summed E-state index contributed by atoms with van der Waals surface area (Å²) in [6.45, 7) is 12.8. The molecule has 0 saturated carbocycles. The Hall–Kier alpha value is -0.120. The fourth-order valence-electron chi connectivity index (χ4n) is 3.81. The SMILES string of the molecule is CCCCOCCCNC(=NCC1(N2CCCC2)CCOCC1)NCC.I. The first-order chi connectivity index (χ1) is 12.8. The van der Waals surface area contributed by atoms with Gasteiger partial charge in [0, 0.05) is 45.1 Å². The Balaban J connectivity index is 0.00000364. The third-order valence-corrected chi connectivity index (χ3v) is 5.48. The van der Waals surface area contributed by atoms with Crippen LogP contribution in [-0.4, -0.2) is 75.5 Å². The van der Waals surface area contributed by atoms with Gasteiger partial charge in [0.2, 0.25) is 0 Å². The van der Waals surface area contributed by atoms with Gasteiger partial charge in [-0.25, -0.2) is 0 Å². The summed E-state index contributed by atoms with van der Waals surface area (Å²) in [5, 5.41) is 6.86. The molecule has 2 rings (SSSR count). The van der Waals surface area contributed by atoms with E-state index in [9.17, 15) is 0 Å². The number of hydrogen-bond acceptors (Lipinski definition) is 4. The van der Waals surface area contributed by atoms with Crippen molar-refractivity contribution in [2.24, 2.45) is 4.99 Å². The second-order valence-corrected chi connectivity index (χ2v) is 7.47. The standard InChI is InChI=1S/C20H40N4O2.HI/c1-3-5-14-25-15-8-11-22-19(21-4-2)23-18-20(9-16-26-17-10-20)24-12-6-7-13-24;/h3-18H2,1-2H3,(H2,21,22,23);1H. The fourth-order valence-corrected chi connectivity index (χ4v) is 3.81. The Labute approximate surface area is 183 Å². The number of likely N-dealkylation sites (tertiary alicyclic amines) is 1. The normalized spacial score (nSPS) is 20.3. The van der Waals surface area contributed by atoms with Crippen molar-refractivity contribution in [3.05, 3.63) is 0 Å². The van der Waals surface area contributed by atoms with Gasteiger partial charge in [0.15, 0.2) is 5.96 Å². The minimum absolute atomic E-state index is 0. The molecule has 6 nitrogen and oxygen atoms in total. The third kappa shape index (κ3) is 8.83. The van der Waals surface area contributed by atoms with Crippen molar-refractivity contribution < 1.29 is 9.47 Å². The van der Waals surface area contributed by atoms with Gasteiger partial charge in [-0.05, 0) is 58.5 Å². The van der Waals surface area contributed by atoms with Crippen molar-refractivity contribution in [3.8, 4) is 0 Å². The van der Waals surface area contributed by atoms with E-state index < -0.39 is 0 Å². The molecular weight excluding hydrogens is 455 g/mol. The minimum Gasteiger partial charge on any atom is -0.381 e. The zero-order valence-electron chi connectivity index (χ0n) is 17.4. The third-order valence-electron chi connectivity index (χ3n) is 5.48. The Morgan fingerprint density at radius 3 is 2.44 bits per heavy atom. The number of unbranched alkanes of at least 4 members (excludes halogenated alkanes) is 1. The molecule has 0 aromatic carbocycles. The zero-order valence-corrected chi connectivity index (χ0v) is 19.8. The number of rotatable bonds is 11. The van der Waals surface area contributed by atoms with Crippen LogP contribution in [-0.2, 0) is 9.47 Å². The van der Waals surface area contributed by atoms with E-state index in [1.54, 1.807) is 0 Å². The van der Waals surface area contributed by atoms with Crippen molar-refractivity contribution in [1.82, 2.24) is 15.5 Å². The van der Waals surface area contributed by atoms with E-state index in [0.29, 0.717) is 0 Å². The first-order valence-corrected chi connectivity index (χ1v) is 10.7. The highest BCUT2D eigenvalue weighted by atomic mass is 127. The second-order valence-electron chi connectivity index (χ2n) is 7.47. The summed E-state index contributed by atoms with van der Waals surface area (Å²) in [5.74, 6) is 0.936. The quantitative estimate of drug-likeness (QED) is 0.199. The van der Waals surface area contributed by atoms with Gasteiger partial charge in [-0.15, -0.1) is 24.0 Å². The Bertz CT molecular complexity index is 397. The van der Waals surface area contributed by atoms with Gasteiger partial charge in [-0.1, -0.05) is 13.3 Å². The lowest BCUT2D eigenvalue weighted by Gasteiger charge is -2.43. The molecule has 0 radical (unpaired) electrons. The first kappa shape index (κ1) is 24.9. The highest BCUT2D eigenvalue weighted by Gasteiger charge is 2.39. The van der Waals surface area contributed by atoms with Crippen LogP contribution >= 0.6 is 24.0 Å². The smallest absolute Gasteiger partial charge is 0.191 e. The molecule has 7 heteroatoms. The fraction of sp³-hybridized carbons (Fsp3) is 0.950. The van der Waals surface area contributed by atoms with Crippen LogP contribution in [0.1, 0.15) is 58.8 Å². The van der Waals surface area contributed by atoms with Crippen LogP contribution in [0.25, 0.3) is 0 Å². The molecule has 0 atom stereocenters. The predicted molar refractivity (Wildman–Crippen MR) is 123 cm³/mol. The number of aliphatic imine (C=N–C) groups is 1. The molecule has 27 heavy (non-hydrogen) atoms. The van der Waals surface area contributed by atoms with Gasteiger partial charge in [-0.2, -0.15) is 0 Å². The van der Waals surface area contributed by atoms with Crippen LogP contribution in [0, 0.1) is 0 Å². The van der Waals surface area contributed by atoms with Crippen molar-refractivity contribution >= 4 is 29.9 Å². The Morgan fingerprint density at radius 2 is 1.78 bits per heavy atom. The maximum atomic E-state index is 5.64. The topological polar surface area (TPSA) is 58.1 Å². The molecule has 0 aromatic rings. The number of nitrogens with zero attached hydrogens (tertiary/aromatic N) is 2. The largest absolute Gasteiger partial charge is 0.381 e. The Kier molecular flexibility index (Phi) is 13.7. The van der Waals surface area contributed by atoms with Crippen LogP contribution in [0.4, 0.5) is 0 Å². The van der Waals surface area contributed by atoms with Crippen LogP contribution in [0.5, 0.6) is 0 Å². The molecule has 0 aliphatic carbocycles. The summed E-state index contributed by atoms with van der Waals surface area (Å²) in [6, 6.07) is 0. The molecule has 0 aromatic heterocycles. The lowest BCUT2D eigenvalue weighted by molar-refractivity contribution is -0.0139. The summed E-state index contributed by atoms with van der Waals surface area (Å²) in [6.07, 6.45) is 8.20. The van der Waals surface area contributed by atoms with Gasteiger partial charge in [0.25, 0.3) is 0 Å². The molecule has 2 aliphatic heterocycles. The van der Waals surface area contributed by atoms with Crippen LogP contribution in [0.3, 0.4) is 0 Å². The van der Waals surface area contributed by atoms with Crippen molar-refractivity contribution in [2.45, 2.75) is 64.3 Å². The molecule has 0 unspecified atom stereocenters. The molecule has 2 heterocycles. The summed E-state index contributed by atoms with van der Waals surface area (Å²) < 4.78 is 11.3. The van der Waals surface area contributed by atoms with Gasteiger partial charge in [0.05, 0.1) is 6.54 Å². The van der Waals surface area contributed by atoms with Gasteiger partial charge >= 0.3 is 0 Å². The van der Waals surface area contributed by atoms with Crippen LogP contribution in [0.15, 0.2) is 4.99 Å². The maximum absolute atomic E-state index is 5.64. The van der Waals surface area contributed by atoms with E-state index in [1.165, 1.54) is 32.4 Å². The molecule has 0 bridgehead atoms. The van der Waals surface area contributed by atoms with Crippen molar-refractivity contribution in [3.63, 3.8) is 0 Å². The van der Waals surface area contributed by atoms with Crippen molar-refractivity contribution in [2.75, 3.05) is 59.2 Å². The summed E-state index contributed by atoms with van der Waals surface area (Å²) in [5.41, 5.74) is 0.195. The van der Waals surface area contributed by atoms with E-state index in [4.69, 9.17) is 14.5 Å². The van der Waals surface area contributed by atoms with E-state index in [0.717, 1.165) is 77.7 Å². The van der Waals surface area contributed by atoms with E-state index in [-0.39, 0.29) is 29.5 Å². The molecule has 2 N–H and O–H groups in total. The molecule has 2 saturated heterocycles. The lowest BCUT2D eigenvalue weighted by Crippen LogP contribution is -2.54. The summed E-state index contributed by atoms with van der Waals surface area (Å²) in [7, 11) is 0. The molecule has 0 spiro atoms. The van der Waals surface area contributed by atoms with Crippen molar-refractivity contribution in [1.29, 1.82) is 0 Å². The van der Waals surface area contributed by atoms with Crippen LogP contribution in [0.2, 0.25) is 0 Å². The van der Waals surface area contributed by atoms with E-state index in [1.807, 2.05) is 0 Å². The van der Waals surface area contributed by atoms with Crippen LogP contribution < -0.4 is 10.6 Å². The number of hydrogen-bond donors (Lipinski definition) is 2. The summed E-state index contributed by atoms with van der Waals surface area (Å²) >= 11 is 0. The van der Waals surface area contributed by atoms with E-state index in [2.05, 4.69) is 29.4 Å². The monoisotopic (exact) mass is 496 g/mol. The average molecular weight is 496 g/mol. The maximum Gasteiger partial charge on any atom is 0.191 e. The number of halogens is 1. The minimum atomic E-state index is 0. The van der Waals surface area contributed by atoms with Gasteiger partial charge in [0.1, 0.15) is 0 Å². The Morgan fingerprint density at radius 1 is 1.07 bits per heavy atom. The highest BCUT2D eigenvalue weighted by molar-refractivity contribution is 14.0. The predicted octanol–water partition coefficient (Wildman–Crippen LogP) is 3.01. The zero-order chi connectivity index (χ0) is 18.5. The summed E-state index contributed by atoms with van der Waals surface area (Å²) in [4.78, 5) is 7.63. The van der Waals surface area contributed by atoms with E-state index >= 15 is 0 Å². The molecule has 2 fully saturated rings. The number of guanidine groups is 1. The van der Waals surface area contributed by atoms with Gasteiger partial charge in [-0.3, -0.25) is 9.89 Å². The first-order valence-electron chi connectivity index (χ1n) is 10.7. The molecule has 160 valence electrons. The van der Waals surface area contributed by atoms with Gasteiger partial charge < -0.3 is 20.1 Å². The number of nitrogens with one attached hydrogen (secondary N) is 2. The molecular formula is C20H41IN4O2.